The minimum Gasteiger partial charge on any atom is -0.508 e. The number of anilines is 2. The molecule has 0 aliphatic heterocycles. The number of phenols is 1. The fourth-order valence-corrected chi connectivity index (χ4v) is 4.12. The number of aromatic hydroxyl groups is 1. The Morgan fingerprint density at radius 1 is 1.11 bits per heavy atom. The van der Waals surface area contributed by atoms with Crippen LogP contribution < -0.4 is 16.6 Å². The van der Waals surface area contributed by atoms with Gasteiger partial charge in [-0.05, 0) is 55.3 Å². The number of nitrogens with zero attached hydrogens (tertiary/aromatic N) is 5. The largest absolute Gasteiger partial charge is 0.508 e. The van der Waals surface area contributed by atoms with Gasteiger partial charge in [-0.2, -0.15) is 5.10 Å². The number of rotatable bonds is 5. The molecule has 0 amide bonds. The predicted molar refractivity (Wildman–Crippen MR) is 131 cm³/mol. The van der Waals surface area contributed by atoms with Crippen molar-refractivity contribution in [2.75, 3.05) is 11.1 Å². The van der Waals surface area contributed by atoms with Crippen molar-refractivity contribution in [2.24, 2.45) is 0 Å². The molecule has 0 aliphatic rings. The van der Waals surface area contributed by atoms with E-state index >= 15 is 0 Å². The minimum atomic E-state index is -0.629. The Labute approximate surface area is 199 Å². The van der Waals surface area contributed by atoms with Gasteiger partial charge in [0.05, 0.1) is 17.3 Å². The SMILES string of the molecule is Cc1ccn2nc(C(C)Nc3ncnc(N)c3-c3cc(O)cc(F)c3)n(-c3ccccc3)c(=O)c12. The summed E-state index contributed by atoms with van der Waals surface area (Å²) in [7, 11) is 0. The van der Waals surface area contributed by atoms with Gasteiger partial charge in [-0.15, -0.1) is 0 Å². The van der Waals surface area contributed by atoms with Gasteiger partial charge in [-0.1, -0.05) is 18.2 Å². The molecule has 2 aromatic carbocycles. The number of hydrogen-bond acceptors (Lipinski definition) is 7. The van der Waals surface area contributed by atoms with E-state index in [-0.39, 0.29) is 17.1 Å². The highest BCUT2D eigenvalue weighted by Gasteiger charge is 2.22. The molecular weight excluding hydrogens is 449 g/mol. The molecule has 176 valence electrons. The van der Waals surface area contributed by atoms with Gasteiger partial charge in [0, 0.05) is 12.3 Å². The van der Waals surface area contributed by atoms with E-state index < -0.39 is 11.9 Å². The van der Waals surface area contributed by atoms with Gasteiger partial charge in [0.1, 0.15) is 35.0 Å². The van der Waals surface area contributed by atoms with Gasteiger partial charge in [0.15, 0.2) is 5.82 Å². The van der Waals surface area contributed by atoms with E-state index in [0.29, 0.717) is 34.0 Å². The Kier molecular flexibility index (Phi) is 5.40. The highest BCUT2D eigenvalue weighted by molar-refractivity contribution is 5.84. The minimum absolute atomic E-state index is 0.101. The highest BCUT2D eigenvalue weighted by atomic mass is 19.1. The molecule has 3 heterocycles. The quantitative estimate of drug-likeness (QED) is 0.356. The second-order valence-electron chi connectivity index (χ2n) is 8.17. The number of nitrogens with one attached hydrogen (secondary N) is 1. The first kappa shape index (κ1) is 22.1. The predicted octanol–water partition coefficient (Wildman–Crippen LogP) is 3.85. The molecule has 4 N–H and O–H groups in total. The van der Waals surface area contributed by atoms with E-state index in [1.165, 1.54) is 18.5 Å². The Hall–Kier alpha value is -4.73. The zero-order valence-corrected chi connectivity index (χ0v) is 19.0. The molecule has 9 nitrogen and oxygen atoms in total. The maximum absolute atomic E-state index is 14.0. The van der Waals surface area contributed by atoms with Crippen LogP contribution in [0.4, 0.5) is 16.0 Å². The molecule has 0 saturated carbocycles. The van der Waals surface area contributed by atoms with Crippen molar-refractivity contribution in [3.63, 3.8) is 0 Å². The number of benzene rings is 2. The topological polar surface area (TPSA) is 123 Å². The van der Waals surface area contributed by atoms with Crippen molar-refractivity contribution in [2.45, 2.75) is 19.9 Å². The van der Waals surface area contributed by atoms with Crippen molar-refractivity contribution in [3.8, 4) is 22.6 Å². The summed E-state index contributed by atoms with van der Waals surface area (Å²) in [5.41, 5.74) is 8.49. The van der Waals surface area contributed by atoms with Gasteiger partial charge in [-0.3, -0.25) is 9.36 Å². The summed E-state index contributed by atoms with van der Waals surface area (Å²) in [5, 5.41) is 17.9. The van der Waals surface area contributed by atoms with Gasteiger partial charge in [-0.25, -0.2) is 18.9 Å². The normalized spacial score (nSPS) is 12.1. The van der Waals surface area contributed by atoms with Crippen molar-refractivity contribution in [3.05, 3.63) is 94.7 Å². The lowest BCUT2D eigenvalue weighted by Crippen LogP contribution is -2.29. The molecule has 1 unspecified atom stereocenters. The number of hydrogen-bond donors (Lipinski definition) is 3. The number of fused-ring (bicyclic) bond motifs is 1. The average molecular weight is 471 g/mol. The van der Waals surface area contributed by atoms with Crippen LogP contribution in [0.25, 0.3) is 22.3 Å². The summed E-state index contributed by atoms with van der Waals surface area (Å²) in [4.78, 5) is 21.9. The Morgan fingerprint density at radius 2 is 1.89 bits per heavy atom. The van der Waals surface area contributed by atoms with Crippen LogP contribution in [0.5, 0.6) is 5.75 Å². The van der Waals surface area contributed by atoms with Gasteiger partial charge < -0.3 is 16.2 Å². The molecule has 5 aromatic rings. The zero-order valence-electron chi connectivity index (χ0n) is 19.0. The van der Waals surface area contributed by atoms with E-state index in [2.05, 4.69) is 15.3 Å². The Bertz CT molecular complexity index is 1590. The van der Waals surface area contributed by atoms with Crippen LogP contribution in [0.15, 0.2) is 71.9 Å². The highest BCUT2D eigenvalue weighted by Crippen LogP contribution is 2.34. The third-order valence-corrected chi connectivity index (χ3v) is 5.72. The molecule has 0 radical (unpaired) electrons. The zero-order chi connectivity index (χ0) is 24.7. The van der Waals surface area contributed by atoms with E-state index in [1.54, 1.807) is 15.3 Å². The van der Waals surface area contributed by atoms with E-state index in [4.69, 9.17) is 10.8 Å². The number of aryl methyl sites for hydroxylation is 1. The molecule has 5 rings (SSSR count). The number of para-hydroxylation sites is 1. The lowest BCUT2D eigenvalue weighted by Gasteiger charge is -2.21. The van der Waals surface area contributed by atoms with Crippen LogP contribution in [-0.4, -0.2) is 29.3 Å². The van der Waals surface area contributed by atoms with Crippen molar-refractivity contribution >= 4 is 17.2 Å². The number of halogens is 1. The fourth-order valence-electron chi connectivity index (χ4n) is 4.12. The smallest absolute Gasteiger partial charge is 0.282 e. The summed E-state index contributed by atoms with van der Waals surface area (Å²) in [6.45, 7) is 3.69. The molecule has 0 saturated heterocycles. The number of aromatic nitrogens is 5. The van der Waals surface area contributed by atoms with Gasteiger partial charge >= 0.3 is 0 Å². The van der Waals surface area contributed by atoms with Crippen LogP contribution in [-0.2, 0) is 0 Å². The summed E-state index contributed by atoms with van der Waals surface area (Å²) >= 11 is 0. The third-order valence-electron chi connectivity index (χ3n) is 5.72. The molecule has 0 fully saturated rings. The van der Waals surface area contributed by atoms with Crippen molar-refractivity contribution in [1.29, 1.82) is 0 Å². The van der Waals surface area contributed by atoms with E-state index in [0.717, 1.165) is 11.6 Å². The summed E-state index contributed by atoms with van der Waals surface area (Å²) in [5.74, 6) is -0.0581. The van der Waals surface area contributed by atoms with Crippen LogP contribution in [0.2, 0.25) is 0 Å². The number of nitrogen functional groups attached to an aromatic ring is 1. The molecule has 3 aromatic heterocycles. The molecule has 35 heavy (non-hydrogen) atoms. The molecule has 0 spiro atoms. The lowest BCUT2D eigenvalue weighted by atomic mass is 10.1. The average Bonchev–Trinajstić information content (AvgIpc) is 3.20. The standard InChI is InChI=1S/C25H22FN7O2/c1-14-8-9-32-21(14)25(35)33(18-6-4-3-5-7-18)24(31-32)15(2)30-23-20(22(27)28-13-29-23)16-10-17(26)12-19(34)11-16/h3-13,15,34H,1-2H3,(H3,27,28,29,30). The van der Waals surface area contributed by atoms with Crippen LogP contribution >= 0.6 is 0 Å². The van der Waals surface area contributed by atoms with Crippen molar-refractivity contribution in [1.82, 2.24) is 24.1 Å². The molecule has 0 bridgehead atoms. The second kappa shape index (κ2) is 8.56. The fraction of sp³-hybridized carbons (Fsp3) is 0.120. The maximum Gasteiger partial charge on any atom is 0.282 e. The van der Waals surface area contributed by atoms with Gasteiger partial charge in [0.25, 0.3) is 5.56 Å². The molecule has 10 heteroatoms. The first-order valence-electron chi connectivity index (χ1n) is 10.9. The third kappa shape index (κ3) is 3.95. The Balaban J connectivity index is 1.66. The van der Waals surface area contributed by atoms with Gasteiger partial charge in [0.2, 0.25) is 0 Å². The Morgan fingerprint density at radius 3 is 2.63 bits per heavy atom. The monoisotopic (exact) mass is 471 g/mol. The lowest BCUT2D eigenvalue weighted by molar-refractivity contribution is 0.469. The molecular formula is C25H22FN7O2. The summed E-state index contributed by atoms with van der Waals surface area (Å²) in [6.07, 6.45) is 3.02. The number of nitrogens with two attached hydrogens (primary N) is 1. The first-order chi connectivity index (χ1) is 16.8. The van der Waals surface area contributed by atoms with Crippen LogP contribution in [0, 0.1) is 12.7 Å². The van der Waals surface area contributed by atoms with Crippen LogP contribution in [0.3, 0.4) is 0 Å². The van der Waals surface area contributed by atoms with E-state index in [1.807, 2.05) is 50.2 Å². The van der Waals surface area contributed by atoms with Crippen molar-refractivity contribution < 1.29 is 9.50 Å². The molecule has 0 aliphatic carbocycles. The van der Waals surface area contributed by atoms with E-state index in [9.17, 15) is 14.3 Å². The second-order valence-corrected chi connectivity index (χ2v) is 8.17. The maximum atomic E-state index is 14.0. The number of phenolic OH excluding ortho intramolecular Hbond substituents is 1. The molecule has 1 atom stereocenters. The first-order valence-corrected chi connectivity index (χ1v) is 10.9. The summed E-state index contributed by atoms with van der Waals surface area (Å²) < 4.78 is 17.1. The summed E-state index contributed by atoms with van der Waals surface area (Å²) in [6, 6.07) is 14.1. The van der Waals surface area contributed by atoms with Crippen LogP contribution in [0.1, 0.15) is 24.4 Å².